The van der Waals surface area contributed by atoms with Crippen LogP contribution in [0.3, 0.4) is 0 Å². The van der Waals surface area contributed by atoms with Crippen molar-refractivity contribution in [2.24, 2.45) is 4.99 Å². The minimum absolute atomic E-state index is 0.599. The predicted octanol–water partition coefficient (Wildman–Crippen LogP) is 4.16. The molecular weight excluding hydrogens is 372 g/mol. The summed E-state index contributed by atoms with van der Waals surface area (Å²) < 4.78 is 11.4. The molecular formula is C21H22N4O2S. The second-order valence-corrected chi connectivity index (χ2v) is 7.20. The summed E-state index contributed by atoms with van der Waals surface area (Å²) in [6, 6.07) is 16.0. The Labute approximate surface area is 168 Å². The maximum atomic E-state index is 5.74. The van der Waals surface area contributed by atoms with Gasteiger partial charge in [0, 0.05) is 36.2 Å². The average molecular weight is 395 g/mol. The van der Waals surface area contributed by atoms with Gasteiger partial charge < -0.3 is 20.1 Å². The molecule has 4 rings (SSSR count). The van der Waals surface area contributed by atoms with Crippen LogP contribution >= 0.6 is 11.3 Å². The second-order valence-electron chi connectivity index (χ2n) is 6.26. The summed E-state index contributed by atoms with van der Waals surface area (Å²) in [5.74, 6) is 2.21. The minimum Gasteiger partial charge on any atom is -0.490 e. The van der Waals surface area contributed by atoms with E-state index in [1.165, 1.54) is 0 Å². The van der Waals surface area contributed by atoms with Gasteiger partial charge in [-0.05, 0) is 12.1 Å². The lowest BCUT2D eigenvalue weighted by Crippen LogP contribution is -2.30. The van der Waals surface area contributed by atoms with Crippen LogP contribution in [0.5, 0.6) is 11.5 Å². The highest BCUT2D eigenvalue weighted by Crippen LogP contribution is 2.32. The van der Waals surface area contributed by atoms with Crippen LogP contribution in [0, 0.1) is 0 Å². The number of ether oxygens (including phenoxy) is 2. The van der Waals surface area contributed by atoms with Gasteiger partial charge >= 0.3 is 0 Å². The van der Waals surface area contributed by atoms with Crippen LogP contribution in [0.15, 0.2) is 58.9 Å². The molecule has 7 heteroatoms. The lowest BCUT2D eigenvalue weighted by molar-refractivity contribution is 0.297. The highest BCUT2D eigenvalue weighted by molar-refractivity contribution is 7.09. The molecule has 2 heterocycles. The third-order valence-corrected chi connectivity index (χ3v) is 5.11. The third-order valence-electron chi connectivity index (χ3n) is 4.26. The SMILES string of the molecule is CN=C(NCc1nc(-c2ccccc2)cs1)Nc1ccc2c(c1)OCCCO2. The molecule has 1 aliphatic rings. The number of aromatic nitrogens is 1. The molecule has 1 aliphatic heterocycles. The van der Waals surface area contributed by atoms with Crippen LogP contribution in [-0.2, 0) is 6.54 Å². The number of guanidine groups is 1. The summed E-state index contributed by atoms with van der Waals surface area (Å²) in [7, 11) is 1.75. The molecule has 1 aromatic heterocycles. The number of fused-ring (bicyclic) bond motifs is 1. The van der Waals surface area contributed by atoms with Crippen molar-refractivity contribution >= 4 is 23.0 Å². The Morgan fingerprint density at radius 2 is 1.93 bits per heavy atom. The number of benzene rings is 2. The monoisotopic (exact) mass is 394 g/mol. The van der Waals surface area contributed by atoms with Crippen molar-refractivity contribution in [2.45, 2.75) is 13.0 Å². The number of anilines is 1. The van der Waals surface area contributed by atoms with E-state index >= 15 is 0 Å². The molecule has 0 saturated carbocycles. The van der Waals surface area contributed by atoms with E-state index in [1.807, 2.05) is 36.4 Å². The van der Waals surface area contributed by atoms with Crippen molar-refractivity contribution < 1.29 is 9.47 Å². The van der Waals surface area contributed by atoms with Gasteiger partial charge in [-0.2, -0.15) is 0 Å². The molecule has 144 valence electrons. The molecule has 28 heavy (non-hydrogen) atoms. The van der Waals surface area contributed by atoms with E-state index in [-0.39, 0.29) is 0 Å². The van der Waals surface area contributed by atoms with Gasteiger partial charge in [0.15, 0.2) is 17.5 Å². The lowest BCUT2D eigenvalue weighted by atomic mass is 10.2. The zero-order valence-corrected chi connectivity index (χ0v) is 16.5. The molecule has 0 bridgehead atoms. The van der Waals surface area contributed by atoms with Crippen molar-refractivity contribution in [3.63, 3.8) is 0 Å². The van der Waals surface area contributed by atoms with Crippen molar-refractivity contribution in [3.8, 4) is 22.8 Å². The van der Waals surface area contributed by atoms with E-state index in [0.717, 1.165) is 39.9 Å². The summed E-state index contributed by atoms with van der Waals surface area (Å²) in [5, 5.41) is 9.67. The number of hydrogen-bond acceptors (Lipinski definition) is 5. The fourth-order valence-electron chi connectivity index (χ4n) is 2.85. The zero-order valence-electron chi connectivity index (χ0n) is 15.6. The second kappa shape index (κ2) is 8.75. The first kappa shape index (κ1) is 18.3. The fraction of sp³-hybridized carbons (Fsp3) is 0.238. The molecule has 6 nitrogen and oxygen atoms in total. The highest BCUT2D eigenvalue weighted by atomic mass is 32.1. The topological polar surface area (TPSA) is 67.8 Å². The predicted molar refractivity (Wildman–Crippen MR) is 113 cm³/mol. The molecule has 0 amide bonds. The molecule has 0 saturated heterocycles. The zero-order chi connectivity index (χ0) is 19.2. The molecule has 0 atom stereocenters. The van der Waals surface area contributed by atoms with Crippen LogP contribution in [0.2, 0.25) is 0 Å². The lowest BCUT2D eigenvalue weighted by Gasteiger charge is -2.13. The highest BCUT2D eigenvalue weighted by Gasteiger charge is 2.11. The van der Waals surface area contributed by atoms with Crippen molar-refractivity contribution in [2.75, 3.05) is 25.6 Å². The molecule has 3 aromatic rings. The van der Waals surface area contributed by atoms with Gasteiger partial charge in [-0.25, -0.2) is 4.98 Å². The Kier molecular flexibility index (Phi) is 5.72. The first-order chi connectivity index (χ1) is 13.8. The number of thiazole rings is 1. The first-order valence-corrected chi connectivity index (χ1v) is 10.1. The number of hydrogen-bond donors (Lipinski definition) is 2. The maximum Gasteiger partial charge on any atom is 0.195 e. The summed E-state index contributed by atoms with van der Waals surface area (Å²) in [4.78, 5) is 8.99. The van der Waals surface area contributed by atoms with Gasteiger partial charge in [0.1, 0.15) is 5.01 Å². The Bertz CT molecular complexity index is 956. The number of nitrogens with one attached hydrogen (secondary N) is 2. The standard InChI is InChI=1S/C21H22N4O2S/c1-22-21(24-16-8-9-18-19(12-16)27-11-5-10-26-18)23-13-20-25-17(14-28-20)15-6-3-2-4-7-15/h2-4,6-9,12,14H,5,10-11,13H2,1H3,(H2,22,23,24). The molecule has 2 N–H and O–H groups in total. The summed E-state index contributed by atoms with van der Waals surface area (Å²) >= 11 is 1.63. The van der Waals surface area contributed by atoms with Gasteiger partial charge in [0.25, 0.3) is 0 Å². The van der Waals surface area contributed by atoms with Gasteiger partial charge in [0.2, 0.25) is 0 Å². The first-order valence-electron chi connectivity index (χ1n) is 9.19. The molecule has 0 spiro atoms. The molecule has 0 unspecified atom stereocenters. The van der Waals surface area contributed by atoms with E-state index in [2.05, 4.69) is 33.1 Å². The number of rotatable bonds is 4. The third kappa shape index (κ3) is 4.43. The Morgan fingerprint density at radius 3 is 2.75 bits per heavy atom. The Morgan fingerprint density at radius 1 is 1.11 bits per heavy atom. The van der Waals surface area contributed by atoms with Gasteiger partial charge in [-0.3, -0.25) is 4.99 Å². The van der Waals surface area contributed by atoms with E-state index in [0.29, 0.717) is 25.7 Å². The Hall–Kier alpha value is -3.06. The van der Waals surface area contributed by atoms with E-state index < -0.39 is 0 Å². The quantitative estimate of drug-likeness (QED) is 0.514. The Balaban J connectivity index is 1.38. The normalized spacial score (nSPS) is 13.7. The summed E-state index contributed by atoms with van der Waals surface area (Å²) in [6.07, 6.45) is 0.888. The number of nitrogens with zero attached hydrogens (tertiary/aromatic N) is 2. The van der Waals surface area contributed by atoms with Gasteiger partial charge in [-0.1, -0.05) is 30.3 Å². The summed E-state index contributed by atoms with van der Waals surface area (Å²) in [6.45, 7) is 1.95. The van der Waals surface area contributed by atoms with E-state index in [9.17, 15) is 0 Å². The van der Waals surface area contributed by atoms with Crippen molar-refractivity contribution in [1.29, 1.82) is 0 Å². The van der Waals surface area contributed by atoms with Crippen LogP contribution in [0.1, 0.15) is 11.4 Å². The molecule has 0 fully saturated rings. The maximum absolute atomic E-state index is 5.74. The van der Waals surface area contributed by atoms with Crippen LogP contribution < -0.4 is 20.1 Å². The largest absolute Gasteiger partial charge is 0.490 e. The van der Waals surface area contributed by atoms with Gasteiger partial charge in [0.05, 0.1) is 25.5 Å². The minimum atomic E-state index is 0.599. The number of aliphatic imine (C=N–C) groups is 1. The molecule has 0 aliphatic carbocycles. The summed E-state index contributed by atoms with van der Waals surface area (Å²) in [5.41, 5.74) is 3.01. The van der Waals surface area contributed by atoms with E-state index in [4.69, 9.17) is 14.5 Å². The average Bonchev–Trinajstić information content (AvgIpc) is 3.09. The molecule has 0 radical (unpaired) electrons. The molecule has 2 aromatic carbocycles. The van der Waals surface area contributed by atoms with Crippen LogP contribution in [0.4, 0.5) is 5.69 Å². The van der Waals surface area contributed by atoms with Crippen molar-refractivity contribution in [3.05, 3.63) is 58.9 Å². The van der Waals surface area contributed by atoms with Crippen LogP contribution in [-0.4, -0.2) is 31.2 Å². The smallest absolute Gasteiger partial charge is 0.195 e. The van der Waals surface area contributed by atoms with Gasteiger partial charge in [-0.15, -0.1) is 11.3 Å². The fourth-order valence-corrected chi connectivity index (χ4v) is 3.59. The van der Waals surface area contributed by atoms with E-state index in [1.54, 1.807) is 18.4 Å². The van der Waals surface area contributed by atoms with Crippen molar-refractivity contribution in [1.82, 2.24) is 10.3 Å². The van der Waals surface area contributed by atoms with Crippen LogP contribution in [0.25, 0.3) is 11.3 Å².